The number of aliphatic hydroxyl groups is 1. The van der Waals surface area contributed by atoms with Crippen LogP contribution in [-0.4, -0.2) is 23.2 Å². The maximum Gasteiger partial charge on any atom is 0.222 e. The first-order chi connectivity index (χ1) is 5.58. The molecule has 70 valence electrons. The van der Waals surface area contributed by atoms with Gasteiger partial charge in [0, 0.05) is 6.04 Å². The predicted molar refractivity (Wildman–Crippen MR) is 46.6 cm³/mol. The molecule has 1 fully saturated rings. The van der Waals surface area contributed by atoms with Crippen LogP contribution in [0.5, 0.6) is 0 Å². The van der Waals surface area contributed by atoms with E-state index in [1.807, 2.05) is 0 Å². The number of piperidine rings is 1. The van der Waals surface area contributed by atoms with E-state index in [9.17, 15) is 9.90 Å². The lowest BCUT2D eigenvalue weighted by molar-refractivity contribution is -0.126. The summed E-state index contributed by atoms with van der Waals surface area (Å²) < 4.78 is 0. The second kappa shape index (κ2) is 3.90. The molecule has 1 aliphatic heterocycles. The van der Waals surface area contributed by atoms with E-state index in [1.54, 1.807) is 0 Å². The Balaban J connectivity index is 2.39. The zero-order valence-corrected chi connectivity index (χ0v) is 7.71. The highest BCUT2D eigenvalue weighted by Crippen LogP contribution is 2.15. The van der Waals surface area contributed by atoms with Gasteiger partial charge in [-0.25, -0.2) is 0 Å². The van der Waals surface area contributed by atoms with Crippen molar-refractivity contribution in [1.29, 1.82) is 0 Å². The van der Waals surface area contributed by atoms with Crippen LogP contribution in [-0.2, 0) is 4.79 Å². The van der Waals surface area contributed by atoms with Gasteiger partial charge < -0.3 is 10.4 Å². The van der Waals surface area contributed by atoms with Crippen molar-refractivity contribution in [3.05, 3.63) is 0 Å². The van der Waals surface area contributed by atoms with Crippen LogP contribution >= 0.6 is 0 Å². The molecule has 12 heavy (non-hydrogen) atoms. The van der Waals surface area contributed by atoms with Crippen LogP contribution in [0, 0.1) is 5.92 Å². The molecule has 0 aliphatic carbocycles. The first kappa shape index (κ1) is 9.52. The van der Waals surface area contributed by atoms with Crippen molar-refractivity contribution in [2.45, 2.75) is 45.3 Å². The van der Waals surface area contributed by atoms with Crippen LogP contribution in [0.15, 0.2) is 0 Å². The number of aliphatic hydroxyl groups excluding tert-OH is 1. The average Bonchev–Trinajstić information content (AvgIpc) is 1.81. The minimum atomic E-state index is -0.428. The Bertz CT molecular complexity index is 166. The second-order valence-electron chi connectivity index (χ2n) is 3.99. The third-order valence-electron chi connectivity index (χ3n) is 2.10. The molecule has 2 N–H and O–H groups in total. The van der Waals surface area contributed by atoms with E-state index in [1.165, 1.54) is 0 Å². The van der Waals surface area contributed by atoms with E-state index < -0.39 is 6.10 Å². The quantitative estimate of drug-likeness (QED) is 0.641. The molecule has 0 aromatic rings. The summed E-state index contributed by atoms with van der Waals surface area (Å²) in [6, 6.07) is 0.182. The van der Waals surface area contributed by atoms with Crippen molar-refractivity contribution >= 4 is 5.91 Å². The first-order valence-corrected chi connectivity index (χ1v) is 4.55. The van der Waals surface area contributed by atoms with Gasteiger partial charge in [-0.05, 0) is 18.8 Å². The van der Waals surface area contributed by atoms with Crippen molar-refractivity contribution in [1.82, 2.24) is 5.32 Å². The maximum atomic E-state index is 11.0. The number of nitrogens with one attached hydrogen (secondary N) is 1. The standard InChI is InChI=1S/C9H17NO2/c1-6(2)3-7-4-8(11)5-9(12)10-7/h6-8,11H,3-5H2,1-2H3,(H,10,12)/t7-,8+/m0/s1. The molecule has 0 spiro atoms. The number of hydrogen-bond acceptors (Lipinski definition) is 2. The van der Waals surface area contributed by atoms with E-state index >= 15 is 0 Å². The van der Waals surface area contributed by atoms with Crippen LogP contribution < -0.4 is 5.32 Å². The van der Waals surface area contributed by atoms with E-state index in [0.29, 0.717) is 12.3 Å². The molecular weight excluding hydrogens is 154 g/mol. The van der Waals surface area contributed by atoms with E-state index in [-0.39, 0.29) is 18.4 Å². The van der Waals surface area contributed by atoms with Crippen molar-refractivity contribution in [2.75, 3.05) is 0 Å². The van der Waals surface area contributed by atoms with Crippen LogP contribution in [0.2, 0.25) is 0 Å². The van der Waals surface area contributed by atoms with Crippen molar-refractivity contribution < 1.29 is 9.90 Å². The molecule has 1 saturated heterocycles. The fraction of sp³-hybridized carbons (Fsp3) is 0.889. The van der Waals surface area contributed by atoms with E-state index in [4.69, 9.17) is 0 Å². The molecule has 0 bridgehead atoms. The third kappa shape index (κ3) is 2.81. The molecule has 1 amide bonds. The second-order valence-corrected chi connectivity index (χ2v) is 3.99. The molecule has 1 aliphatic rings. The van der Waals surface area contributed by atoms with E-state index in [0.717, 1.165) is 6.42 Å². The number of carbonyl (C=O) groups is 1. The van der Waals surface area contributed by atoms with E-state index in [2.05, 4.69) is 19.2 Å². The lowest BCUT2D eigenvalue weighted by Gasteiger charge is -2.27. The van der Waals surface area contributed by atoms with Gasteiger partial charge in [-0.3, -0.25) is 4.79 Å². The fourth-order valence-electron chi connectivity index (χ4n) is 1.70. The van der Waals surface area contributed by atoms with Gasteiger partial charge in [0.15, 0.2) is 0 Å². The SMILES string of the molecule is CC(C)C[C@H]1C[C@@H](O)CC(=O)N1. The molecular formula is C9H17NO2. The summed E-state index contributed by atoms with van der Waals surface area (Å²) in [7, 11) is 0. The fourth-order valence-corrected chi connectivity index (χ4v) is 1.70. The number of hydrogen-bond donors (Lipinski definition) is 2. The molecule has 2 atom stereocenters. The highest BCUT2D eigenvalue weighted by atomic mass is 16.3. The lowest BCUT2D eigenvalue weighted by Crippen LogP contribution is -2.44. The van der Waals surface area contributed by atoms with Gasteiger partial charge in [0.1, 0.15) is 0 Å². The molecule has 1 rings (SSSR count). The van der Waals surface area contributed by atoms with Crippen molar-refractivity contribution in [3.8, 4) is 0 Å². The minimum absolute atomic E-state index is 0.0144. The molecule has 3 heteroatoms. The third-order valence-corrected chi connectivity index (χ3v) is 2.10. The van der Waals surface area contributed by atoms with Crippen LogP contribution in [0.3, 0.4) is 0 Å². The van der Waals surface area contributed by atoms with Crippen molar-refractivity contribution in [2.24, 2.45) is 5.92 Å². The van der Waals surface area contributed by atoms with Gasteiger partial charge in [0.2, 0.25) is 5.91 Å². The molecule has 1 heterocycles. The average molecular weight is 171 g/mol. The minimum Gasteiger partial charge on any atom is -0.393 e. The zero-order valence-electron chi connectivity index (χ0n) is 7.71. The summed E-state index contributed by atoms with van der Waals surface area (Å²) in [6.07, 6.45) is 1.52. The Morgan fingerprint density at radius 2 is 2.33 bits per heavy atom. The maximum absolute atomic E-state index is 11.0. The summed E-state index contributed by atoms with van der Waals surface area (Å²) in [6.45, 7) is 4.24. The Labute approximate surface area is 73.2 Å². The van der Waals surface area contributed by atoms with Crippen LogP contribution in [0.4, 0.5) is 0 Å². The van der Waals surface area contributed by atoms with Crippen LogP contribution in [0.25, 0.3) is 0 Å². The number of rotatable bonds is 2. The summed E-state index contributed by atoms with van der Waals surface area (Å²) in [5.74, 6) is 0.556. The first-order valence-electron chi connectivity index (χ1n) is 4.55. The molecule has 0 saturated carbocycles. The Morgan fingerprint density at radius 3 is 2.83 bits per heavy atom. The highest BCUT2D eigenvalue weighted by molar-refractivity contribution is 5.77. The largest absolute Gasteiger partial charge is 0.393 e. The highest BCUT2D eigenvalue weighted by Gasteiger charge is 2.24. The van der Waals surface area contributed by atoms with Crippen molar-refractivity contribution in [3.63, 3.8) is 0 Å². The van der Waals surface area contributed by atoms with Gasteiger partial charge in [-0.2, -0.15) is 0 Å². The summed E-state index contributed by atoms with van der Waals surface area (Å²) >= 11 is 0. The van der Waals surface area contributed by atoms with Crippen LogP contribution in [0.1, 0.15) is 33.1 Å². The molecule has 0 unspecified atom stereocenters. The Hall–Kier alpha value is -0.570. The van der Waals surface area contributed by atoms with Gasteiger partial charge in [-0.1, -0.05) is 13.8 Å². The molecule has 0 aromatic heterocycles. The van der Waals surface area contributed by atoms with Gasteiger partial charge in [0.05, 0.1) is 12.5 Å². The smallest absolute Gasteiger partial charge is 0.222 e. The normalized spacial score (nSPS) is 30.5. The summed E-state index contributed by atoms with van der Waals surface area (Å²) in [4.78, 5) is 11.0. The monoisotopic (exact) mass is 171 g/mol. The Kier molecular flexibility index (Phi) is 3.09. The van der Waals surface area contributed by atoms with Gasteiger partial charge in [0.25, 0.3) is 0 Å². The summed E-state index contributed by atoms with van der Waals surface area (Å²) in [5.41, 5.74) is 0. The zero-order chi connectivity index (χ0) is 9.14. The van der Waals surface area contributed by atoms with Gasteiger partial charge >= 0.3 is 0 Å². The lowest BCUT2D eigenvalue weighted by atomic mass is 9.94. The Morgan fingerprint density at radius 1 is 1.67 bits per heavy atom. The predicted octanol–water partition coefficient (Wildman–Crippen LogP) is 0.672. The number of carbonyl (C=O) groups excluding carboxylic acids is 1. The molecule has 3 nitrogen and oxygen atoms in total. The van der Waals surface area contributed by atoms with Gasteiger partial charge in [-0.15, -0.1) is 0 Å². The topological polar surface area (TPSA) is 49.3 Å². The molecule has 0 radical (unpaired) electrons. The summed E-state index contributed by atoms with van der Waals surface area (Å²) in [5, 5.41) is 12.2. The molecule has 0 aromatic carbocycles. The number of amides is 1.